The number of esters is 1. The van der Waals surface area contributed by atoms with Crippen LogP contribution in [0.5, 0.6) is 0 Å². The average Bonchev–Trinajstić information content (AvgIpc) is 2.51. The monoisotopic (exact) mass is 319 g/mol. The lowest BCUT2D eigenvalue weighted by Gasteiger charge is -2.15. The van der Waals surface area contributed by atoms with Gasteiger partial charge in [0.05, 0.1) is 12.7 Å². The third kappa shape index (κ3) is 6.34. The molecule has 1 unspecified atom stereocenters. The van der Waals surface area contributed by atoms with E-state index in [0.717, 1.165) is 0 Å². The zero-order valence-electron chi connectivity index (χ0n) is 13.4. The standard InChI is InChI=1S/C17H21NO5/c1-11(2)10-14(16(20)21)18-15(19)9-6-12-4-7-13(8-5-12)17(22)23-3/h4-9,11,14H,10H2,1-3H3,(H,18,19)(H,20,21)/b9-6+. The van der Waals surface area contributed by atoms with Crippen molar-refractivity contribution in [1.82, 2.24) is 5.32 Å². The average molecular weight is 319 g/mol. The highest BCUT2D eigenvalue weighted by Gasteiger charge is 2.19. The molecule has 1 amide bonds. The predicted molar refractivity (Wildman–Crippen MR) is 85.8 cm³/mol. The fourth-order valence-electron chi connectivity index (χ4n) is 1.93. The quantitative estimate of drug-likeness (QED) is 0.593. The van der Waals surface area contributed by atoms with Crippen molar-refractivity contribution >= 4 is 23.9 Å². The molecule has 0 fully saturated rings. The van der Waals surface area contributed by atoms with Gasteiger partial charge in [-0.05, 0) is 36.1 Å². The number of methoxy groups -OCH3 is 1. The van der Waals surface area contributed by atoms with E-state index in [9.17, 15) is 14.4 Å². The van der Waals surface area contributed by atoms with E-state index in [0.29, 0.717) is 17.5 Å². The number of amides is 1. The van der Waals surface area contributed by atoms with E-state index in [1.165, 1.54) is 13.2 Å². The summed E-state index contributed by atoms with van der Waals surface area (Å²) in [5.41, 5.74) is 1.13. The molecule has 1 aromatic carbocycles. The van der Waals surface area contributed by atoms with Crippen molar-refractivity contribution in [2.24, 2.45) is 5.92 Å². The van der Waals surface area contributed by atoms with Crippen LogP contribution < -0.4 is 5.32 Å². The van der Waals surface area contributed by atoms with Crippen molar-refractivity contribution in [3.63, 3.8) is 0 Å². The summed E-state index contributed by atoms with van der Waals surface area (Å²) in [5, 5.41) is 11.5. The third-order valence-corrected chi connectivity index (χ3v) is 3.08. The number of carbonyl (C=O) groups excluding carboxylic acids is 2. The number of carboxylic acid groups (broad SMARTS) is 1. The summed E-state index contributed by atoms with van der Waals surface area (Å²) >= 11 is 0. The van der Waals surface area contributed by atoms with Gasteiger partial charge in [0.25, 0.3) is 0 Å². The van der Waals surface area contributed by atoms with Gasteiger partial charge in [-0.3, -0.25) is 4.79 Å². The summed E-state index contributed by atoms with van der Waals surface area (Å²) in [5.74, 6) is -1.81. The summed E-state index contributed by atoms with van der Waals surface area (Å²) in [6, 6.07) is 5.59. The zero-order valence-corrected chi connectivity index (χ0v) is 13.4. The van der Waals surface area contributed by atoms with E-state index in [2.05, 4.69) is 10.1 Å². The minimum Gasteiger partial charge on any atom is -0.480 e. The summed E-state index contributed by atoms with van der Waals surface area (Å²) in [7, 11) is 1.30. The van der Waals surface area contributed by atoms with E-state index < -0.39 is 23.9 Å². The van der Waals surface area contributed by atoms with Crippen LogP contribution >= 0.6 is 0 Å². The highest BCUT2D eigenvalue weighted by atomic mass is 16.5. The summed E-state index contributed by atoms with van der Waals surface area (Å²) in [6.45, 7) is 3.78. The molecular formula is C17H21NO5. The second kappa shape index (κ2) is 8.73. The van der Waals surface area contributed by atoms with Gasteiger partial charge < -0.3 is 15.2 Å². The van der Waals surface area contributed by atoms with Gasteiger partial charge in [0, 0.05) is 6.08 Å². The molecule has 0 bridgehead atoms. The number of hydrogen-bond donors (Lipinski definition) is 2. The highest BCUT2D eigenvalue weighted by Crippen LogP contribution is 2.08. The maximum absolute atomic E-state index is 11.8. The van der Waals surface area contributed by atoms with E-state index in [4.69, 9.17) is 5.11 Å². The van der Waals surface area contributed by atoms with Crippen LogP contribution in [0.25, 0.3) is 6.08 Å². The first-order valence-electron chi connectivity index (χ1n) is 7.23. The van der Waals surface area contributed by atoms with E-state index in [-0.39, 0.29) is 5.92 Å². The third-order valence-electron chi connectivity index (χ3n) is 3.08. The molecule has 0 spiro atoms. The molecule has 0 heterocycles. The van der Waals surface area contributed by atoms with E-state index in [1.807, 2.05) is 13.8 Å². The van der Waals surface area contributed by atoms with Crippen LogP contribution in [0.2, 0.25) is 0 Å². The van der Waals surface area contributed by atoms with Crippen LogP contribution in [0.3, 0.4) is 0 Å². The van der Waals surface area contributed by atoms with Crippen LogP contribution in [0, 0.1) is 5.92 Å². The van der Waals surface area contributed by atoms with E-state index in [1.54, 1.807) is 30.3 Å². The van der Waals surface area contributed by atoms with Gasteiger partial charge in [-0.1, -0.05) is 26.0 Å². The second-order valence-corrected chi connectivity index (χ2v) is 5.48. The Kier molecular flexibility index (Phi) is 6.99. The molecule has 1 rings (SSSR count). The summed E-state index contributed by atoms with van der Waals surface area (Å²) in [6.07, 6.45) is 3.18. The highest BCUT2D eigenvalue weighted by molar-refractivity contribution is 5.94. The lowest BCUT2D eigenvalue weighted by molar-refractivity contribution is -0.141. The Balaban J connectivity index is 2.67. The zero-order chi connectivity index (χ0) is 17.4. The Morgan fingerprint density at radius 3 is 2.30 bits per heavy atom. The molecule has 6 heteroatoms. The lowest BCUT2D eigenvalue weighted by atomic mass is 10.0. The van der Waals surface area contributed by atoms with Gasteiger partial charge in [0.2, 0.25) is 5.91 Å². The number of hydrogen-bond acceptors (Lipinski definition) is 4. The predicted octanol–water partition coefficient (Wildman–Crippen LogP) is 2.10. The maximum Gasteiger partial charge on any atom is 0.337 e. The molecule has 1 atom stereocenters. The largest absolute Gasteiger partial charge is 0.480 e. The first-order valence-corrected chi connectivity index (χ1v) is 7.23. The summed E-state index contributed by atoms with van der Waals surface area (Å²) < 4.78 is 4.60. The number of ether oxygens (including phenoxy) is 1. The van der Waals surface area contributed by atoms with Gasteiger partial charge in [-0.25, -0.2) is 9.59 Å². The molecular weight excluding hydrogens is 298 g/mol. The first-order chi connectivity index (χ1) is 10.8. The van der Waals surface area contributed by atoms with Crippen LogP contribution in [-0.2, 0) is 14.3 Å². The van der Waals surface area contributed by atoms with Crippen LogP contribution in [-0.4, -0.2) is 36.1 Å². The molecule has 124 valence electrons. The van der Waals surface area contributed by atoms with Gasteiger partial charge in [0.1, 0.15) is 6.04 Å². The number of carbonyl (C=O) groups is 3. The first kappa shape index (κ1) is 18.4. The normalized spacial score (nSPS) is 12.2. The molecule has 1 aromatic rings. The van der Waals surface area contributed by atoms with Crippen LogP contribution in [0.4, 0.5) is 0 Å². The Hall–Kier alpha value is -2.63. The Morgan fingerprint density at radius 1 is 1.22 bits per heavy atom. The number of carboxylic acids is 1. The molecule has 0 aromatic heterocycles. The molecule has 0 radical (unpaired) electrons. The van der Waals surface area contributed by atoms with Gasteiger partial charge in [-0.2, -0.15) is 0 Å². The topological polar surface area (TPSA) is 92.7 Å². The smallest absolute Gasteiger partial charge is 0.337 e. The molecule has 2 N–H and O–H groups in total. The van der Waals surface area contributed by atoms with Gasteiger partial charge >= 0.3 is 11.9 Å². The molecule has 23 heavy (non-hydrogen) atoms. The molecule has 0 saturated carbocycles. The Morgan fingerprint density at radius 2 is 1.83 bits per heavy atom. The molecule has 0 aliphatic carbocycles. The molecule has 0 saturated heterocycles. The van der Waals surface area contributed by atoms with Crippen LogP contribution in [0.1, 0.15) is 36.2 Å². The van der Waals surface area contributed by atoms with Crippen molar-refractivity contribution in [1.29, 1.82) is 0 Å². The second-order valence-electron chi connectivity index (χ2n) is 5.48. The van der Waals surface area contributed by atoms with Crippen LogP contribution in [0.15, 0.2) is 30.3 Å². The van der Waals surface area contributed by atoms with Crippen molar-refractivity contribution in [3.8, 4) is 0 Å². The van der Waals surface area contributed by atoms with Gasteiger partial charge in [-0.15, -0.1) is 0 Å². The Bertz CT molecular complexity index is 590. The molecule has 0 aliphatic heterocycles. The van der Waals surface area contributed by atoms with Gasteiger partial charge in [0.15, 0.2) is 0 Å². The fraction of sp³-hybridized carbons (Fsp3) is 0.353. The number of benzene rings is 1. The fourth-order valence-corrected chi connectivity index (χ4v) is 1.93. The lowest BCUT2D eigenvalue weighted by Crippen LogP contribution is -2.40. The number of nitrogens with one attached hydrogen (secondary N) is 1. The minimum atomic E-state index is -1.05. The number of rotatable bonds is 7. The van der Waals surface area contributed by atoms with Crippen molar-refractivity contribution < 1.29 is 24.2 Å². The minimum absolute atomic E-state index is 0.159. The molecule has 0 aliphatic rings. The molecule has 6 nitrogen and oxygen atoms in total. The maximum atomic E-state index is 11.8. The van der Waals surface area contributed by atoms with E-state index >= 15 is 0 Å². The van der Waals surface area contributed by atoms with Crippen molar-refractivity contribution in [2.45, 2.75) is 26.3 Å². The number of aliphatic carboxylic acids is 1. The van der Waals surface area contributed by atoms with Crippen molar-refractivity contribution in [3.05, 3.63) is 41.5 Å². The van der Waals surface area contributed by atoms with Crippen molar-refractivity contribution in [2.75, 3.05) is 7.11 Å². The SMILES string of the molecule is COC(=O)c1ccc(/C=C/C(=O)NC(CC(C)C)C(=O)O)cc1. The Labute approximate surface area is 135 Å². The summed E-state index contributed by atoms with van der Waals surface area (Å²) in [4.78, 5) is 34.2.